The lowest BCUT2D eigenvalue weighted by Gasteiger charge is -2.18. The maximum atomic E-state index is 12.9. The van der Waals surface area contributed by atoms with Crippen molar-refractivity contribution in [3.05, 3.63) is 0 Å². The van der Waals surface area contributed by atoms with Crippen molar-refractivity contribution in [1.82, 2.24) is 0 Å². The molecule has 0 heterocycles. The van der Waals surface area contributed by atoms with Crippen LogP contribution in [0.4, 0.5) is 0 Å². The van der Waals surface area contributed by atoms with Gasteiger partial charge in [0.05, 0.1) is 0 Å². The molecule has 0 rings (SSSR count). The van der Waals surface area contributed by atoms with E-state index in [2.05, 4.69) is 41.5 Å². The molecule has 0 radical (unpaired) electrons. The molecular formula is C65H126O6. The van der Waals surface area contributed by atoms with Gasteiger partial charge in [-0.1, -0.05) is 324 Å². The van der Waals surface area contributed by atoms with Crippen LogP contribution in [-0.4, -0.2) is 37.2 Å². The van der Waals surface area contributed by atoms with E-state index >= 15 is 0 Å². The van der Waals surface area contributed by atoms with E-state index in [1.54, 1.807) is 0 Å². The summed E-state index contributed by atoms with van der Waals surface area (Å²) in [5, 5.41) is 0. The Hall–Kier alpha value is -1.59. The highest BCUT2D eigenvalue weighted by Crippen LogP contribution is 2.19. The molecule has 6 heteroatoms. The molecule has 0 spiro atoms. The van der Waals surface area contributed by atoms with Gasteiger partial charge in [-0.05, 0) is 37.0 Å². The van der Waals surface area contributed by atoms with Gasteiger partial charge in [-0.15, -0.1) is 0 Å². The molecule has 0 aromatic rings. The maximum absolute atomic E-state index is 12.9. The topological polar surface area (TPSA) is 78.9 Å². The van der Waals surface area contributed by atoms with Gasteiger partial charge in [-0.3, -0.25) is 14.4 Å². The van der Waals surface area contributed by atoms with Crippen molar-refractivity contribution in [3.63, 3.8) is 0 Å². The highest BCUT2D eigenvalue weighted by Gasteiger charge is 2.19. The third-order valence-corrected chi connectivity index (χ3v) is 15.3. The van der Waals surface area contributed by atoms with E-state index in [0.29, 0.717) is 19.3 Å². The number of carbonyl (C=O) groups excluding carboxylic acids is 3. The minimum Gasteiger partial charge on any atom is -0.462 e. The second-order valence-electron chi connectivity index (χ2n) is 23.6. The van der Waals surface area contributed by atoms with Gasteiger partial charge in [0.2, 0.25) is 0 Å². The summed E-state index contributed by atoms with van der Waals surface area (Å²) in [5.74, 6) is 1.74. The minimum absolute atomic E-state index is 0.0627. The van der Waals surface area contributed by atoms with Crippen LogP contribution in [0.2, 0.25) is 0 Å². The maximum Gasteiger partial charge on any atom is 0.306 e. The fourth-order valence-electron chi connectivity index (χ4n) is 10.0. The second kappa shape index (κ2) is 56.1. The molecule has 0 aliphatic rings. The fourth-order valence-corrected chi connectivity index (χ4v) is 10.0. The predicted octanol–water partition coefficient (Wildman–Crippen LogP) is 21.5. The van der Waals surface area contributed by atoms with E-state index in [4.69, 9.17) is 14.2 Å². The molecule has 6 nitrogen and oxygen atoms in total. The van der Waals surface area contributed by atoms with Crippen molar-refractivity contribution in [1.29, 1.82) is 0 Å². The molecule has 0 bridgehead atoms. The Morgan fingerprint density at radius 1 is 0.282 bits per heavy atom. The summed E-state index contributed by atoms with van der Waals surface area (Å²) in [6, 6.07) is 0. The molecule has 0 aromatic heterocycles. The highest BCUT2D eigenvalue weighted by atomic mass is 16.6. The number of unbranched alkanes of at least 4 members (excludes halogenated alkanes) is 40. The van der Waals surface area contributed by atoms with Gasteiger partial charge in [-0.25, -0.2) is 0 Å². The minimum atomic E-state index is -0.764. The summed E-state index contributed by atoms with van der Waals surface area (Å²) < 4.78 is 17.0. The van der Waals surface area contributed by atoms with Gasteiger partial charge >= 0.3 is 17.9 Å². The summed E-state index contributed by atoms with van der Waals surface area (Å²) in [6.07, 6.45) is 61.0. The van der Waals surface area contributed by atoms with Crippen LogP contribution >= 0.6 is 0 Å². The van der Waals surface area contributed by atoms with E-state index in [9.17, 15) is 14.4 Å². The van der Waals surface area contributed by atoms with Gasteiger partial charge in [0.15, 0.2) is 6.10 Å². The van der Waals surface area contributed by atoms with Crippen molar-refractivity contribution in [2.75, 3.05) is 13.2 Å². The number of esters is 3. The molecule has 1 unspecified atom stereocenters. The number of hydrogen-bond donors (Lipinski definition) is 0. The summed E-state index contributed by atoms with van der Waals surface area (Å²) in [6.45, 7) is 13.8. The molecule has 0 saturated carbocycles. The van der Waals surface area contributed by atoms with Gasteiger partial charge in [-0.2, -0.15) is 0 Å². The lowest BCUT2D eigenvalue weighted by atomic mass is 9.99. The van der Waals surface area contributed by atoms with Crippen LogP contribution in [0.5, 0.6) is 0 Å². The Kier molecular flexibility index (Phi) is 54.9. The SMILES string of the molecule is CCC(C)CCCCCCCCCCCCCCCCCCCCC(=O)OC[C@@H](COC(=O)CCCCCCCCCCCCCC(C)C)OC(=O)CCCCCCCCCCCCCCCCC(C)C. The Labute approximate surface area is 444 Å². The van der Waals surface area contributed by atoms with Crippen molar-refractivity contribution >= 4 is 17.9 Å². The van der Waals surface area contributed by atoms with E-state index in [1.807, 2.05) is 0 Å². The lowest BCUT2D eigenvalue weighted by Crippen LogP contribution is -2.30. The fraction of sp³-hybridized carbons (Fsp3) is 0.954. The number of carbonyl (C=O) groups is 3. The monoisotopic (exact) mass is 1000 g/mol. The molecule has 0 saturated heterocycles. The van der Waals surface area contributed by atoms with E-state index in [-0.39, 0.29) is 31.1 Å². The summed E-state index contributed by atoms with van der Waals surface area (Å²) in [5.41, 5.74) is 0. The second-order valence-corrected chi connectivity index (χ2v) is 23.6. The Balaban J connectivity index is 4.26. The summed E-state index contributed by atoms with van der Waals surface area (Å²) in [4.78, 5) is 38.3. The first-order valence-electron chi connectivity index (χ1n) is 32.1. The Bertz CT molecular complexity index is 1100. The average molecular weight is 1000 g/mol. The molecule has 71 heavy (non-hydrogen) atoms. The van der Waals surface area contributed by atoms with E-state index < -0.39 is 6.10 Å². The molecule has 0 N–H and O–H groups in total. The average Bonchev–Trinajstić information content (AvgIpc) is 3.35. The molecule has 422 valence electrons. The predicted molar refractivity (Wildman–Crippen MR) is 307 cm³/mol. The van der Waals surface area contributed by atoms with Gasteiger partial charge < -0.3 is 14.2 Å². The van der Waals surface area contributed by atoms with Crippen LogP contribution in [0.25, 0.3) is 0 Å². The van der Waals surface area contributed by atoms with Crippen molar-refractivity contribution < 1.29 is 28.6 Å². The number of hydrogen-bond acceptors (Lipinski definition) is 6. The van der Waals surface area contributed by atoms with Crippen molar-refractivity contribution in [2.24, 2.45) is 17.8 Å². The van der Waals surface area contributed by atoms with Gasteiger partial charge in [0, 0.05) is 19.3 Å². The molecule has 0 amide bonds. The molecule has 2 atom stereocenters. The van der Waals surface area contributed by atoms with Crippen LogP contribution < -0.4 is 0 Å². The molecule has 0 aliphatic carbocycles. The van der Waals surface area contributed by atoms with Crippen molar-refractivity contribution in [3.8, 4) is 0 Å². The summed E-state index contributed by atoms with van der Waals surface area (Å²) in [7, 11) is 0. The van der Waals surface area contributed by atoms with E-state index in [0.717, 1.165) is 75.5 Å². The molecular weight excluding hydrogens is 877 g/mol. The zero-order valence-corrected chi connectivity index (χ0v) is 49.0. The first-order valence-corrected chi connectivity index (χ1v) is 32.1. The van der Waals surface area contributed by atoms with Crippen LogP contribution in [-0.2, 0) is 28.6 Å². The number of rotatable bonds is 58. The largest absolute Gasteiger partial charge is 0.462 e. The smallest absolute Gasteiger partial charge is 0.306 e. The first-order chi connectivity index (χ1) is 34.6. The van der Waals surface area contributed by atoms with Gasteiger partial charge in [0.1, 0.15) is 13.2 Å². The number of ether oxygens (including phenoxy) is 3. The first kappa shape index (κ1) is 69.4. The zero-order chi connectivity index (χ0) is 51.9. The standard InChI is InChI=1S/C65H126O6/c1-7-61(6)53-47-41-35-29-23-17-12-10-8-9-11-13-18-24-30-36-42-48-54-63(66)69-57-62(58-70-64(67)55-49-43-37-31-26-20-22-28-34-40-46-52-60(4)5)71-65(68)56-50-44-38-32-25-19-15-14-16-21-27-33-39-45-51-59(2)3/h59-62H,7-58H2,1-6H3/t61?,62-/m0/s1. The van der Waals surface area contributed by atoms with Crippen LogP contribution in [0, 0.1) is 17.8 Å². The Morgan fingerprint density at radius 3 is 0.732 bits per heavy atom. The quantitative estimate of drug-likeness (QED) is 0.0343. The van der Waals surface area contributed by atoms with Crippen LogP contribution in [0.15, 0.2) is 0 Å². The Morgan fingerprint density at radius 2 is 0.493 bits per heavy atom. The van der Waals surface area contributed by atoms with Gasteiger partial charge in [0.25, 0.3) is 0 Å². The molecule has 0 aromatic carbocycles. The molecule has 0 aliphatic heterocycles. The third kappa shape index (κ3) is 57.5. The third-order valence-electron chi connectivity index (χ3n) is 15.3. The lowest BCUT2D eigenvalue weighted by molar-refractivity contribution is -0.167. The molecule has 0 fully saturated rings. The van der Waals surface area contributed by atoms with Crippen LogP contribution in [0.1, 0.15) is 363 Å². The highest BCUT2D eigenvalue weighted by molar-refractivity contribution is 5.71. The normalized spacial score (nSPS) is 12.5. The van der Waals surface area contributed by atoms with Crippen LogP contribution in [0.3, 0.4) is 0 Å². The summed E-state index contributed by atoms with van der Waals surface area (Å²) >= 11 is 0. The van der Waals surface area contributed by atoms with E-state index in [1.165, 1.54) is 244 Å². The zero-order valence-electron chi connectivity index (χ0n) is 49.0. The van der Waals surface area contributed by atoms with Crippen molar-refractivity contribution in [2.45, 2.75) is 369 Å².